The monoisotopic (exact) mass is 604 g/mol. The molecular weight excluding hydrogens is 556 g/mol. The van der Waals surface area contributed by atoms with Gasteiger partial charge in [0.1, 0.15) is 17.8 Å². The number of nitrogens with zero attached hydrogens (tertiary/aromatic N) is 1. The van der Waals surface area contributed by atoms with Crippen molar-refractivity contribution in [2.24, 2.45) is 17.8 Å². The number of nitrogens with one attached hydrogen (secondary N) is 5. The number of rotatable bonds is 15. The molecule has 1 aromatic rings. The minimum atomic E-state index is -1.34. The molecule has 0 aliphatic carbocycles. The molecule has 0 saturated carbocycles. The van der Waals surface area contributed by atoms with Crippen molar-refractivity contribution in [2.45, 2.75) is 66.7 Å². The van der Waals surface area contributed by atoms with Crippen molar-refractivity contribution in [3.8, 4) is 0 Å². The Morgan fingerprint density at radius 1 is 1.02 bits per heavy atom. The summed E-state index contributed by atoms with van der Waals surface area (Å²) < 4.78 is 5.48. The number of aliphatic hydroxyl groups is 1. The lowest BCUT2D eigenvalue weighted by Gasteiger charge is -2.40. The minimum absolute atomic E-state index is 0.00131. The molecule has 43 heavy (non-hydrogen) atoms. The van der Waals surface area contributed by atoms with Crippen molar-refractivity contribution < 1.29 is 33.8 Å². The van der Waals surface area contributed by atoms with Crippen LogP contribution in [-0.2, 0) is 30.5 Å². The Labute approximate surface area is 254 Å². The van der Waals surface area contributed by atoms with Gasteiger partial charge in [-0.25, -0.2) is 4.79 Å². The van der Waals surface area contributed by atoms with Crippen LogP contribution in [0, 0.1) is 17.8 Å². The van der Waals surface area contributed by atoms with Crippen LogP contribution in [0.2, 0.25) is 0 Å². The average molecular weight is 605 g/mol. The quantitative estimate of drug-likeness (QED) is 0.129. The van der Waals surface area contributed by atoms with Crippen LogP contribution in [0.5, 0.6) is 0 Å². The predicted octanol–water partition coefficient (Wildman–Crippen LogP) is 1.69. The van der Waals surface area contributed by atoms with Crippen LogP contribution in [0.25, 0.3) is 0 Å². The fourth-order valence-electron chi connectivity index (χ4n) is 4.02. The van der Waals surface area contributed by atoms with Crippen LogP contribution >= 0.6 is 0 Å². The van der Waals surface area contributed by atoms with Crippen LogP contribution in [0.4, 0.5) is 10.5 Å². The van der Waals surface area contributed by atoms with E-state index in [2.05, 4.69) is 26.6 Å². The third-order valence-electron chi connectivity index (χ3n) is 7.06. The summed E-state index contributed by atoms with van der Waals surface area (Å²) >= 11 is 0. The highest BCUT2D eigenvalue weighted by Gasteiger charge is 2.44. The van der Waals surface area contributed by atoms with E-state index in [9.17, 15) is 24.0 Å². The third-order valence-corrected chi connectivity index (χ3v) is 7.06. The van der Waals surface area contributed by atoms with Gasteiger partial charge in [-0.15, -0.1) is 0 Å². The summed E-state index contributed by atoms with van der Waals surface area (Å²) in [5.74, 6) is -2.22. The number of benzene rings is 1. The first-order chi connectivity index (χ1) is 20.1. The SMILES string of the molecule is CNC(=O)/C(=C\C(C)C)NC(=O)C(C)(C(C)C)N(C)C(=O)OCc1ccc(NC(=O)CNC(=O)[C@@H](NCO)C(C)C)cc1. The standard InChI is InChI=1S/C30H48N6O7/c1-18(2)14-23(26(39)31-8)35-28(41)30(7,20(5)6)36(9)29(42)43-16-21-10-12-22(13-11-21)34-24(38)15-32-27(40)25(19(3)4)33-17-37/h10-14,18-20,25,33,37H,15-17H2,1-9H3,(H,31,39)(H,32,40)(H,34,38)(H,35,41)/b23-14+/t25-,30?/m0/s1. The van der Waals surface area contributed by atoms with E-state index >= 15 is 0 Å². The molecule has 0 bridgehead atoms. The smallest absolute Gasteiger partial charge is 0.410 e. The van der Waals surface area contributed by atoms with Crippen LogP contribution < -0.4 is 26.6 Å². The largest absolute Gasteiger partial charge is 0.445 e. The van der Waals surface area contributed by atoms with E-state index in [-0.39, 0.29) is 43.3 Å². The highest BCUT2D eigenvalue weighted by atomic mass is 16.6. The molecule has 13 nitrogen and oxygen atoms in total. The summed E-state index contributed by atoms with van der Waals surface area (Å²) in [6.45, 7) is 11.9. The molecule has 0 radical (unpaired) electrons. The van der Waals surface area contributed by atoms with Gasteiger partial charge in [0.2, 0.25) is 11.8 Å². The molecule has 1 rings (SSSR count). The Morgan fingerprint density at radius 2 is 1.63 bits per heavy atom. The minimum Gasteiger partial charge on any atom is -0.445 e. The number of likely N-dealkylation sites (N-methyl/N-ethyl adjacent to an activating group) is 2. The molecule has 0 fully saturated rings. The summed E-state index contributed by atoms with van der Waals surface area (Å²) in [5.41, 5.74) is -0.121. The second-order valence-corrected chi connectivity index (χ2v) is 11.3. The molecule has 0 aromatic heterocycles. The van der Waals surface area contributed by atoms with E-state index in [0.29, 0.717) is 11.3 Å². The topological polar surface area (TPSA) is 178 Å². The van der Waals surface area contributed by atoms with Gasteiger partial charge in [0.05, 0.1) is 19.3 Å². The number of carbonyl (C=O) groups is 5. The van der Waals surface area contributed by atoms with Gasteiger partial charge in [-0.2, -0.15) is 0 Å². The van der Waals surface area contributed by atoms with Crippen LogP contribution in [0.1, 0.15) is 54.0 Å². The predicted molar refractivity (Wildman–Crippen MR) is 163 cm³/mol. The highest BCUT2D eigenvalue weighted by Crippen LogP contribution is 2.26. The Bertz CT molecular complexity index is 1150. The van der Waals surface area contributed by atoms with E-state index in [1.807, 2.05) is 27.7 Å². The fraction of sp³-hybridized carbons (Fsp3) is 0.567. The van der Waals surface area contributed by atoms with Crippen molar-refractivity contribution in [2.75, 3.05) is 32.7 Å². The Kier molecular flexibility index (Phi) is 14.8. The van der Waals surface area contributed by atoms with Crippen LogP contribution in [-0.4, -0.2) is 78.7 Å². The lowest BCUT2D eigenvalue weighted by atomic mass is 9.86. The third kappa shape index (κ3) is 11.0. The zero-order valence-electron chi connectivity index (χ0n) is 26.7. The number of ether oxygens (including phenoxy) is 1. The molecule has 0 spiro atoms. The molecule has 13 heteroatoms. The van der Waals surface area contributed by atoms with E-state index in [4.69, 9.17) is 9.84 Å². The van der Waals surface area contributed by atoms with Gasteiger partial charge in [-0.05, 0) is 42.4 Å². The normalized spacial score (nSPS) is 13.7. The Balaban J connectivity index is 2.81. The number of hydrogen-bond donors (Lipinski definition) is 6. The molecule has 1 unspecified atom stereocenters. The number of carbonyl (C=O) groups excluding carboxylic acids is 5. The van der Waals surface area contributed by atoms with Gasteiger partial charge in [0, 0.05) is 19.8 Å². The highest BCUT2D eigenvalue weighted by molar-refractivity contribution is 6.00. The van der Waals surface area contributed by atoms with Gasteiger partial charge in [-0.1, -0.05) is 59.8 Å². The maximum atomic E-state index is 13.4. The zero-order valence-corrected chi connectivity index (χ0v) is 26.7. The second kappa shape index (κ2) is 17.2. The van der Waals surface area contributed by atoms with Crippen molar-refractivity contribution in [3.63, 3.8) is 0 Å². The molecule has 0 aliphatic heterocycles. The first kappa shape index (κ1) is 37.1. The van der Waals surface area contributed by atoms with Crippen LogP contribution in [0.15, 0.2) is 36.0 Å². The van der Waals surface area contributed by atoms with E-state index in [0.717, 1.165) is 0 Å². The van der Waals surface area contributed by atoms with Crippen molar-refractivity contribution >= 4 is 35.4 Å². The van der Waals surface area contributed by atoms with Gasteiger partial charge in [0.25, 0.3) is 11.8 Å². The fourth-order valence-corrected chi connectivity index (χ4v) is 4.02. The lowest BCUT2D eigenvalue weighted by Crippen LogP contribution is -2.60. The van der Waals surface area contributed by atoms with Crippen LogP contribution in [0.3, 0.4) is 0 Å². The summed E-state index contributed by atoms with van der Waals surface area (Å²) in [5, 5.41) is 22.1. The second-order valence-electron chi connectivity index (χ2n) is 11.3. The first-order valence-electron chi connectivity index (χ1n) is 14.2. The maximum absolute atomic E-state index is 13.4. The summed E-state index contributed by atoms with van der Waals surface area (Å²) in [4.78, 5) is 64.5. The number of aliphatic hydroxyl groups excluding tert-OH is 1. The van der Waals surface area contributed by atoms with Gasteiger partial charge < -0.3 is 31.1 Å². The summed E-state index contributed by atoms with van der Waals surface area (Å²) in [7, 11) is 2.93. The number of anilines is 1. The molecule has 2 atom stereocenters. The maximum Gasteiger partial charge on any atom is 0.410 e. The van der Waals surface area contributed by atoms with Crippen molar-refractivity contribution in [3.05, 3.63) is 41.6 Å². The first-order valence-corrected chi connectivity index (χ1v) is 14.2. The number of amides is 5. The average Bonchev–Trinajstić information content (AvgIpc) is 2.95. The molecule has 6 N–H and O–H groups in total. The van der Waals surface area contributed by atoms with E-state index in [1.54, 1.807) is 51.1 Å². The summed E-state index contributed by atoms with van der Waals surface area (Å²) in [6.07, 6.45) is 0.904. The molecular formula is C30H48N6O7. The zero-order chi connectivity index (χ0) is 32.9. The molecule has 5 amide bonds. The molecule has 0 aliphatic rings. The summed E-state index contributed by atoms with van der Waals surface area (Å²) in [6, 6.07) is 5.96. The van der Waals surface area contributed by atoms with E-state index in [1.165, 1.54) is 19.0 Å². The van der Waals surface area contributed by atoms with Gasteiger partial charge in [0.15, 0.2) is 0 Å². The molecule has 0 saturated heterocycles. The Hall–Kier alpha value is -3.97. The Morgan fingerprint density at radius 3 is 2.12 bits per heavy atom. The molecule has 0 heterocycles. The molecule has 1 aromatic carbocycles. The number of hydrogen-bond acceptors (Lipinski definition) is 8. The van der Waals surface area contributed by atoms with Gasteiger partial charge in [-0.3, -0.25) is 29.4 Å². The van der Waals surface area contributed by atoms with E-state index < -0.39 is 41.3 Å². The van der Waals surface area contributed by atoms with Crippen molar-refractivity contribution in [1.82, 2.24) is 26.2 Å². The number of allylic oxidation sites excluding steroid dienone is 1. The lowest BCUT2D eigenvalue weighted by molar-refractivity contribution is -0.134. The molecule has 240 valence electrons. The van der Waals surface area contributed by atoms with Gasteiger partial charge >= 0.3 is 6.09 Å². The van der Waals surface area contributed by atoms with Crippen molar-refractivity contribution in [1.29, 1.82) is 0 Å².